The summed E-state index contributed by atoms with van der Waals surface area (Å²) in [4.78, 5) is 13.7. The molecule has 3 N–H and O–H groups in total. The van der Waals surface area contributed by atoms with Gasteiger partial charge < -0.3 is 16.0 Å². The van der Waals surface area contributed by atoms with Crippen LogP contribution in [0.5, 0.6) is 0 Å². The van der Waals surface area contributed by atoms with Crippen molar-refractivity contribution in [2.24, 2.45) is 5.73 Å². The van der Waals surface area contributed by atoms with E-state index in [2.05, 4.69) is 17.2 Å². The summed E-state index contributed by atoms with van der Waals surface area (Å²) < 4.78 is 0. The fraction of sp³-hybridized carbons (Fsp3) is 0.438. The highest BCUT2D eigenvalue weighted by molar-refractivity contribution is 5.74. The van der Waals surface area contributed by atoms with Crippen molar-refractivity contribution in [1.29, 1.82) is 0 Å². The van der Waals surface area contributed by atoms with Crippen LogP contribution in [-0.2, 0) is 6.54 Å². The minimum Gasteiger partial charge on any atom is -0.335 e. The quantitative estimate of drug-likeness (QED) is 0.822. The van der Waals surface area contributed by atoms with Gasteiger partial charge in [0.1, 0.15) is 0 Å². The zero-order chi connectivity index (χ0) is 14.4. The van der Waals surface area contributed by atoms with Gasteiger partial charge >= 0.3 is 6.03 Å². The topological polar surface area (TPSA) is 58.4 Å². The van der Waals surface area contributed by atoms with Crippen LogP contribution in [0.15, 0.2) is 24.3 Å². The molecule has 0 atom stereocenters. The first-order valence-electron chi connectivity index (χ1n) is 6.98. The van der Waals surface area contributed by atoms with E-state index in [0.717, 1.165) is 24.0 Å². The van der Waals surface area contributed by atoms with Crippen molar-refractivity contribution in [3.8, 4) is 11.8 Å². The fourth-order valence-corrected chi connectivity index (χ4v) is 2.08. The zero-order valence-electron chi connectivity index (χ0n) is 11.9. The number of urea groups is 1. The summed E-state index contributed by atoms with van der Waals surface area (Å²) in [7, 11) is 1.81. The number of hydrogen-bond donors (Lipinski definition) is 2. The molecule has 0 aliphatic heterocycles. The smallest absolute Gasteiger partial charge is 0.317 e. The van der Waals surface area contributed by atoms with Crippen LogP contribution in [0.1, 0.15) is 30.4 Å². The van der Waals surface area contributed by atoms with Crippen LogP contribution in [0.4, 0.5) is 4.79 Å². The molecule has 1 aliphatic rings. The Balaban J connectivity index is 1.92. The van der Waals surface area contributed by atoms with Gasteiger partial charge in [-0.05, 0) is 37.0 Å². The number of amides is 2. The first-order valence-corrected chi connectivity index (χ1v) is 6.98. The van der Waals surface area contributed by atoms with Crippen LogP contribution in [0, 0.1) is 11.8 Å². The molecule has 1 aliphatic carbocycles. The molecule has 0 spiro atoms. The maximum Gasteiger partial charge on any atom is 0.317 e. The zero-order valence-corrected chi connectivity index (χ0v) is 11.9. The number of carbonyl (C=O) groups excluding carboxylic acids is 1. The summed E-state index contributed by atoms with van der Waals surface area (Å²) in [5.74, 6) is 5.84. The van der Waals surface area contributed by atoms with Gasteiger partial charge in [-0.15, -0.1) is 0 Å². The highest BCUT2D eigenvalue weighted by Crippen LogP contribution is 2.18. The molecule has 0 heterocycles. The third kappa shape index (κ3) is 4.01. The van der Waals surface area contributed by atoms with Crippen molar-refractivity contribution in [1.82, 2.24) is 10.2 Å². The largest absolute Gasteiger partial charge is 0.335 e. The predicted molar refractivity (Wildman–Crippen MR) is 80.0 cm³/mol. The summed E-state index contributed by atoms with van der Waals surface area (Å²) in [6.07, 6.45) is 3.42. The summed E-state index contributed by atoms with van der Waals surface area (Å²) in [6.45, 7) is 0.935. The second-order valence-electron chi connectivity index (χ2n) is 5.14. The Bertz CT molecular complexity index is 526. The Hall–Kier alpha value is -1.99. The Morgan fingerprint density at radius 2 is 2.30 bits per heavy atom. The second kappa shape index (κ2) is 6.97. The van der Waals surface area contributed by atoms with E-state index in [0.29, 0.717) is 19.1 Å². The molecule has 4 nitrogen and oxygen atoms in total. The van der Waals surface area contributed by atoms with E-state index in [1.807, 2.05) is 31.3 Å². The Kier molecular flexibility index (Phi) is 5.03. The molecular formula is C16H21N3O. The normalized spacial score (nSPS) is 13.9. The first kappa shape index (κ1) is 14.4. The molecule has 2 amide bonds. The number of hydrogen-bond acceptors (Lipinski definition) is 2. The number of nitrogens with one attached hydrogen (secondary N) is 1. The fourth-order valence-electron chi connectivity index (χ4n) is 2.08. The minimum absolute atomic E-state index is 0.00635. The predicted octanol–water partition coefficient (Wildman–Crippen LogP) is 1.69. The molecule has 2 rings (SSSR count). The van der Waals surface area contributed by atoms with Gasteiger partial charge in [-0.2, -0.15) is 0 Å². The third-order valence-corrected chi connectivity index (χ3v) is 3.46. The van der Waals surface area contributed by atoms with Gasteiger partial charge in [0, 0.05) is 25.2 Å². The van der Waals surface area contributed by atoms with E-state index in [4.69, 9.17) is 5.73 Å². The molecule has 1 aromatic rings. The van der Waals surface area contributed by atoms with Crippen LogP contribution < -0.4 is 11.1 Å². The molecule has 1 saturated carbocycles. The third-order valence-electron chi connectivity index (χ3n) is 3.46. The summed E-state index contributed by atoms with van der Waals surface area (Å²) in [6, 6.07) is 8.25. The van der Waals surface area contributed by atoms with Crippen molar-refractivity contribution >= 4 is 6.03 Å². The lowest BCUT2D eigenvalue weighted by atomic mass is 9.93. The van der Waals surface area contributed by atoms with E-state index in [9.17, 15) is 4.79 Å². The van der Waals surface area contributed by atoms with Crippen LogP contribution in [0.25, 0.3) is 0 Å². The van der Waals surface area contributed by atoms with Crippen molar-refractivity contribution in [2.75, 3.05) is 13.6 Å². The van der Waals surface area contributed by atoms with Crippen LogP contribution in [0.2, 0.25) is 0 Å². The monoisotopic (exact) mass is 271 g/mol. The average molecular weight is 271 g/mol. The molecule has 20 heavy (non-hydrogen) atoms. The number of rotatable bonds is 3. The number of nitrogens with zero attached hydrogens (tertiary/aromatic N) is 1. The highest BCUT2D eigenvalue weighted by atomic mass is 16.2. The van der Waals surface area contributed by atoms with E-state index in [1.165, 1.54) is 6.42 Å². The summed E-state index contributed by atoms with van der Waals surface area (Å²) in [5, 5.41) is 3.03. The van der Waals surface area contributed by atoms with Crippen LogP contribution >= 0.6 is 0 Å². The van der Waals surface area contributed by atoms with Gasteiger partial charge in [-0.3, -0.25) is 0 Å². The van der Waals surface area contributed by atoms with Gasteiger partial charge in [0.05, 0.1) is 6.54 Å². The lowest BCUT2D eigenvalue weighted by molar-refractivity contribution is 0.195. The summed E-state index contributed by atoms with van der Waals surface area (Å²) >= 11 is 0. The molecule has 0 saturated heterocycles. The molecule has 0 unspecified atom stereocenters. The van der Waals surface area contributed by atoms with E-state index >= 15 is 0 Å². The van der Waals surface area contributed by atoms with Crippen molar-refractivity contribution in [3.63, 3.8) is 0 Å². The standard InChI is InChI=1S/C16H21N3O/c1-19(16(20)18-15-8-3-9-15)12-14-6-2-5-13(11-14)7-4-10-17/h2,5-6,11,15H,3,8-10,12,17H2,1H3,(H,18,20). The molecule has 0 bridgehead atoms. The number of carbonyl (C=O) groups is 1. The maximum atomic E-state index is 12.0. The van der Waals surface area contributed by atoms with Crippen LogP contribution in [-0.4, -0.2) is 30.6 Å². The summed E-state index contributed by atoms with van der Waals surface area (Å²) in [5.41, 5.74) is 7.37. The molecule has 4 heteroatoms. The van der Waals surface area contributed by atoms with Gasteiger partial charge in [0.25, 0.3) is 0 Å². The maximum absolute atomic E-state index is 12.0. The Labute approximate surface area is 120 Å². The van der Waals surface area contributed by atoms with E-state index in [1.54, 1.807) is 4.90 Å². The molecule has 1 aromatic carbocycles. The highest BCUT2D eigenvalue weighted by Gasteiger charge is 2.21. The van der Waals surface area contributed by atoms with Gasteiger partial charge in [-0.1, -0.05) is 24.0 Å². The lowest BCUT2D eigenvalue weighted by Gasteiger charge is -2.29. The number of nitrogens with two attached hydrogens (primary N) is 1. The molecule has 106 valence electrons. The van der Waals surface area contributed by atoms with Gasteiger partial charge in [-0.25, -0.2) is 4.79 Å². The second-order valence-corrected chi connectivity index (χ2v) is 5.14. The SMILES string of the molecule is CN(Cc1cccc(C#CCN)c1)C(=O)NC1CCC1. The lowest BCUT2D eigenvalue weighted by Crippen LogP contribution is -2.45. The van der Waals surface area contributed by atoms with Crippen molar-refractivity contribution < 1.29 is 4.79 Å². The minimum atomic E-state index is -0.00635. The molecule has 0 aromatic heterocycles. The Morgan fingerprint density at radius 1 is 1.50 bits per heavy atom. The van der Waals surface area contributed by atoms with Gasteiger partial charge in [0.2, 0.25) is 0 Å². The number of benzene rings is 1. The molecule has 0 radical (unpaired) electrons. The molecular weight excluding hydrogens is 250 g/mol. The average Bonchev–Trinajstić information content (AvgIpc) is 2.40. The van der Waals surface area contributed by atoms with Gasteiger partial charge in [0.15, 0.2) is 0 Å². The van der Waals surface area contributed by atoms with E-state index in [-0.39, 0.29) is 6.03 Å². The van der Waals surface area contributed by atoms with Crippen molar-refractivity contribution in [2.45, 2.75) is 31.8 Å². The van der Waals surface area contributed by atoms with Crippen molar-refractivity contribution in [3.05, 3.63) is 35.4 Å². The first-order chi connectivity index (χ1) is 9.69. The van der Waals surface area contributed by atoms with Crippen LogP contribution in [0.3, 0.4) is 0 Å². The van der Waals surface area contributed by atoms with E-state index < -0.39 is 0 Å². The Morgan fingerprint density at radius 3 is 2.95 bits per heavy atom. The molecule has 1 fully saturated rings.